The van der Waals surface area contributed by atoms with Crippen LogP contribution in [0.25, 0.3) is 0 Å². The zero-order valence-electron chi connectivity index (χ0n) is 14.1. The van der Waals surface area contributed by atoms with Crippen molar-refractivity contribution < 1.29 is 14.1 Å². The van der Waals surface area contributed by atoms with Gasteiger partial charge in [-0.15, -0.1) is 0 Å². The summed E-state index contributed by atoms with van der Waals surface area (Å²) in [6.45, 7) is 6.80. The van der Waals surface area contributed by atoms with E-state index in [2.05, 4.69) is 24.3 Å². The van der Waals surface area contributed by atoms with Gasteiger partial charge in [0.15, 0.2) is 5.69 Å². The summed E-state index contributed by atoms with van der Waals surface area (Å²) in [6.07, 6.45) is 0. The lowest BCUT2D eigenvalue weighted by Crippen LogP contribution is -2.54. The number of likely N-dealkylation sites (tertiary alicyclic amines) is 1. The van der Waals surface area contributed by atoms with Crippen LogP contribution >= 0.6 is 0 Å². The minimum Gasteiger partial charge on any atom is -0.361 e. The van der Waals surface area contributed by atoms with Crippen LogP contribution in [0.15, 0.2) is 34.9 Å². The predicted octanol–water partition coefficient (Wildman–Crippen LogP) is 2.82. The average Bonchev–Trinajstić information content (AvgIpc) is 2.92. The number of aromatic nitrogens is 1. The first-order valence-corrected chi connectivity index (χ1v) is 8.07. The van der Waals surface area contributed by atoms with E-state index in [1.54, 1.807) is 17.9 Å². The van der Waals surface area contributed by atoms with Crippen LogP contribution in [0.2, 0.25) is 0 Å². The molecule has 2 heterocycles. The fraction of sp³-hybridized carbons (Fsp3) is 0.389. The van der Waals surface area contributed by atoms with E-state index in [1.165, 1.54) is 5.56 Å². The third-order valence-electron chi connectivity index (χ3n) is 4.23. The Hall–Kier alpha value is -2.63. The molecule has 0 saturated carbocycles. The number of hydrogen-bond donors (Lipinski definition) is 1. The van der Waals surface area contributed by atoms with Gasteiger partial charge in [0, 0.05) is 24.8 Å². The molecule has 0 bridgehead atoms. The Morgan fingerprint density at radius 3 is 2.46 bits per heavy atom. The van der Waals surface area contributed by atoms with E-state index >= 15 is 0 Å². The third-order valence-corrected chi connectivity index (χ3v) is 4.23. The summed E-state index contributed by atoms with van der Waals surface area (Å²) in [5.41, 5.74) is 2.30. The minimum absolute atomic E-state index is 0.0623. The number of carbonyl (C=O) groups is 2. The van der Waals surface area contributed by atoms with Gasteiger partial charge in [0.2, 0.25) is 5.91 Å². The van der Waals surface area contributed by atoms with Crippen molar-refractivity contribution in [2.24, 2.45) is 5.92 Å². The van der Waals surface area contributed by atoms with Crippen molar-refractivity contribution in [3.8, 4) is 0 Å². The number of nitrogens with one attached hydrogen (secondary N) is 1. The monoisotopic (exact) mass is 327 g/mol. The molecule has 6 heteroatoms. The highest BCUT2D eigenvalue weighted by atomic mass is 16.5. The lowest BCUT2D eigenvalue weighted by molar-refractivity contribution is -0.123. The van der Waals surface area contributed by atoms with Crippen molar-refractivity contribution in [2.75, 3.05) is 18.4 Å². The molecule has 0 spiro atoms. The van der Waals surface area contributed by atoms with Gasteiger partial charge in [-0.2, -0.15) is 0 Å². The van der Waals surface area contributed by atoms with Crippen LogP contribution < -0.4 is 5.32 Å². The van der Waals surface area contributed by atoms with E-state index in [1.807, 2.05) is 24.3 Å². The van der Waals surface area contributed by atoms with E-state index in [4.69, 9.17) is 4.52 Å². The van der Waals surface area contributed by atoms with Gasteiger partial charge in [0.25, 0.3) is 5.91 Å². The molecule has 3 rings (SSSR count). The van der Waals surface area contributed by atoms with Gasteiger partial charge in [-0.05, 0) is 30.5 Å². The number of hydrogen-bond acceptors (Lipinski definition) is 4. The van der Waals surface area contributed by atoms with E-state index < -0.39 is 0 Å². The van der Waals surface area contributed by atoms with Gasteiger partial charge in [0.05, 0.1) is 5.92 Å². The molecule has 0 aliphatic carbocycles. The second kappa shape index (κ2) is 6.47. The van der Waals surface area contributed by atoms with Gasteiger partial charge >= 0.3 is 0 Å². The number of aryl methyl sites for hydroxylation is 1. The number of carbonyl (C=O) groups excluding carboxylic acids is 2. The zero-order chi connectivity index (χ0) is 17.3. The quantitative estimate of drug-likeness (QED) is 0.937. The molecule has 1 N–H and O–H groups in total. The Morgan fingerprint density at radius 2 is 1.92 bits per heavy atom. The maximum absolute atomic E-state index is 12.2. The summed E-state index contributed by atoms with van der Waals surface area (Å²) in [6, 6.07) is 9.46. The van der Waals surface area contributed by atoms with Crippen molar-refractivity contribution in [3.05, 3.63) is 47.3 Å². The molecule has 1 saturated heterocycles. The first kappa shape index (κ1) is 16.2. The number of benzene rings is 1. The van der Waals surface area contributed by atoms with Gasteiger partial charge in [-0.1, -0.05) is 31.1 Å². The number of amides is 2. The van der Waals surface area contributed by atoms with Crippen molar-refractivity contribution >= 4 is 17.5 Å². The van der Waals surface area contributed by atoms with E-state index in [0.29, 0.717) is 24.8 Å². The summed E-state index contributed by atoms with van der Waals surface area (Å²) in [5.74, 6) is 0.607. The average molecular weight is 327 g/mol. The minimum atomic E-state index is -0.197. The van der Waals surface area contributed by atoms with E-state index in [-0.39, 0.29) is 23.4 Å². The normalized spacial score (nSPS) is 14.6. The van der Waals surface area contributed by atoms with Crippen molar-refractivity contribution in [1.29, 1.82) is 0 Å². The van der Waals surface area contributed by atoms with Crippen LogP contribution in [0.5, 0.6) is 0 Å². The van der Waals surface area contributed by atoms with Gasteiger partial charge < -0.3 is 14.7 Å². The molecule has 1 aliphatic rings. The smallest absolute Gasteiger partial charge is 0.276 e. The van der Waals surface area contributed by atoms with Crippen molar-refractivity contribution in [3.63, 3.8) is 0 Å². The number of rotatable bonds is 4. The van der Waals surface area contributed by atoms with Crippen LogP contribution in [-0.2, 0) is 4.79 Å². The lowest BCUT2D eigenvalue weighted by Gasteiger charge is -2.37. The van der Waals surface area contributed by atoms with Crippen LogP contribution in [0, 0.1) is 12.8 Å². The van der Waals surface area contributed by atoms with Crippen LogP contribution in [0.1, 0.15) is 41.6 Å². The number of nitrogens with zero attached hydrogens (tertiary/aromatic N) is 2. The SMILES string of the molecule is Cc1cc(C(=O)N2CC(C(=O)Nc3ccc(C(C)C)cc3)C2)no1. The second-order valence-corrected chi connectivity index (χ2v) is 6.50. The summed E-state index contributed by atoms with van der Waals surface area (Å²) < 4.78 is 4.91. The lowest BCUT2D eigenvalue weighted by atomic mass is 9.98. The van der Waals surface area contributed by atoms with Gasteiger partial charge in [0.1, 0.15) is 5.76 Å². The van der Waals surface area contributed by atoms with Gasteiger partial charge in [-0.25, -0.2) is 0 Å². The Balaban J connectivity index is 1.52. The topological polar surface area (TPSA) is 75.4 Å². The Bertz CT molecular complexity index is 743. The highest BCUT2D eigenvalue weighted by Gasteiger charge is 2.37. The highest BCUT2D eigenvalue weighted by molar-refractivity contribution is 5.97. The molecular weight excluding hydrogens is 306 g/mol. The van der Waals surface area contributed by atoms with Crippen LogP contribution in [0.4, 0.5) is 5.69 Å². The molecule has 1 fully saturated rings. The summed E-state index contributed by atoms with van der Waals surface area (Å²) >= 11 is 0. The highest BCUT2D eigenvalue weighted by Crippen LogP contribution is 2.22. The molecule has 0 unspecified atom stereocenters. The first-order chi connectivity index (χ1) is 11.4. The Kier molecular flexibility index (Phi) is 4.38. The van der Waals surface area contributed by atoms with Crippen LogP contribution in [-0.4, -0.2) is 35.0 Å². The van der Waals surface area contributed by atoms with E-state index in [9.17, 15) is 9.59 Å². The Labute approximate surface area is 140 Å². The van der Waals surface area contributed by atoms with E-state index in [0.717, 1.165) is 5.69 Å². The largest absolute Gasteiger partial charge is 0.361 e. The van der Waals surface area contributed by atoms with Crippen molar-refractivity contribution in [2.45, 2.75) is 26.7 Å². The molecule has 1 aliphatic heterocycles. The maximum atomic E-state index is 12.2. The molecule has 2 aromatic rings. The zero-order valence-corrected chi connectivity index (χ0v) is 14.1. The first-order valence-electron chi connectivity index (χ1n) is 8.07. The molecule has 24 heavy (non-hydrogen) atoms. The molecule has 6 nitrogen and oxygen atoms in total. The van der Waals surface area contributed by atoms with Gasteiger partial charge in [-0.3, -0.25) is 9.59 Å². The molecule has 0 atom stereocenters. The standard InChI is InChI=1S/C18H21N3O3/c1-11(2)13-4-6-15(7-5-13)19-17(22)14-9-21(10-14)18(23)16-8-12(3)24-20-16/h4-8,11,14H,9-10H2,1-3H3,(H,19,22). The second-order valence-electron chi connectivity index (χ2n) is 6.50. The van der Waals surface area contributed by atoms with Crippen molar-refractivity contribution in [1.82, 2.24) is 10.1 Å². The molecule has 2 amide bonds. The maximum Gasteiger partial charge on any atom is 0.276 e. The summed E-state index contributed by atoms with van der Waals surface area (Å²) in [4.78, 5) is 26.0. The predicted molar refractivity (Wildman–Crippen MR) is 89.8 cm³/mol. The number of anilines is 1. The van der Waals surface area contributed by atoms with Crippen LogP contribution in [0.3, 0.4) is 0 Å². The molecule has 1 aromatic carbocycles. The molecule has 126 valence electrons. The third kappa shape index (κ3) is 3.32. The molecular formula is C18H21N3O3. The molecule has 0 radical (unpaired) electrons. The fourth-order valence-corrected chi connectivity index (χ4v) is 2.64. The summed E-state index contributed by atoms with van der Waals surface area (Å²) in [5, 5.41) is 6.61. The summed E-state index contributed by atoms with van der Waals surface area (Å²) in [7, 11) is 0. The molecule has 1 aromatic heterocycles. The Morgan fingerprint density at radius 1 is 1.25 bits per heavy atom. The fourth-order valence-electron chi connectivity index (χ4n) is 2.64.